The van der Waals surface area contributed by atoms with E-state index in [9.17, 15) is 4.79 Å². The van der Waals surface area contributed by atoms with Crippen LogP contribution in [0.4, 0.5) is 0 Å². The number of aromatic nitrogens is 5. The zero-order valence-corrected chi connectivity index (χ0v) is 12.2. The van der Waals surface area contributed by atoms with Gasteiger partial charge < -0.3 is 10.1 Å². The Kier molecular flexibility index (Phi) is 4.69. The van der Waals surface area contributed by atoms with Gasteiger partial charge in [-0.25, -0.2) is 9.97 Å². The standard InChI is InChI=1S/C14H18N6O2/c21-13(6-10-2-1-5-22-9-10)17-8-12-18-14(20-19-12)11-7-15-3-4-16-11/h3-4,7,10H,1-2,5-6,8-9H2,(H,17,21)(H,18,19,20)/t10-/m0/s1. The summed E-state index contributed by atoms with van der Waals surface area (Å²) in [6, 6.07) is 0. The van der Waals surface area contributed by atoms with Crippen LogP contribution in [0.25, 0.3) is 11.5 Å². The average molecular weight is 302 g/mol. The van der Waals surface area contributed by atoms with Gasteiger partial charge in [0.1, 0.15) is 11.5 Å². The van der Waals surface area contributed by atoms with E-state index in [4.69, 9.17) is 4.74 Å². The van der Waals surface area contributed by atoms with Crippen molar-refractivity contribution >= 4 is 5.91 Å². The smallest absolute Gasteiger partial charge is 0.220 e. The first-order valence-corrected chi connectivity index (χ1v) is 7.33. The number of H-pyrrole nitrogens is 1. The second-order valence-corrected chi connectivity index (χ2v) is 5.26. The van der Waals surface area contributed by atoms with Gasteiger partial charge in [-0.2, -0.15) is 5.10 Å². The number of ether oxygens (including phenoxy) is 1. The minimum absolute atomic E-state index is 0.00736. The fraction of sp³-hybridized carbons (Fsp3) is 0.500. The number of nitrogens with zero attached hydrogens (tertiary/aromatic N) is 4. The summed E-state index contributed by atoms with van der Waals surface area (Å²) in [5.41, 5.74) is 0.593. The molecule has 1 aliphatic rings. The summed E-state index contributed by atoms with van der Waals surface area (Å²) in [6.07, 6.45) is 7.33. The summed E-state index contributed by atoms with van der Waals surface area (Å²) in [5, 5.41) is 9.71. The van der Waals surface area contributed by atoms with Gasteiger partial charge in [0, 0.05) is 32.0 Å². The third-order valence-electron chi connectivity index (χ3n) is 3.51. The molecule has 22 heavy (non-hydrogen) atoms. The normalized spacial score (nSPS) is 18.1. The van der Waals surface area contributed by atoms with Gasteiger partial charge in [0.15, 0.2) is 0 Å². The van der Waals surface area contributed by atoms with Gasteiger partial charge in [-0.1, -0.05) is 0 Å². The van der Waals surface area contributed by atoms with Gasteiger partial charge in [-0.3, -0.25) is 14.9 Å². The fourth-order valence-corrected chi connectivity index (χ4v) is 2.39. The van der Waals surface area contributed by atoms with Gasteiger partial charge in [-0.05, 0) is 18.8 Å². The number of amides is 1. The summed E-state index contributed by atoms with van der Waals surface area (Å²) in [6.45, 7) is 1.80. The Morgan fingerprint density at radius 1 is 1.45 bits per heavy atom. The van der Waals surface area contributed by atoms with Gasteiger partial charge in [0.25, 0.3) is 0 Å². The molecule has 1 aliphatic heterocycles. The van der Waals surface area contributed by atoms with E-state index in [0.29, 0.717) is 42.8 Å². The number of hydrogen-bond acceptors (Lipinski definition) is 6. The molecule has 2 aromatic heterocycles. The van der Waals surface area contributed by atoms with E-state index < -0.39 is 0 Å². The van der Waals surface area contributed by atoms with Gasteiger partial charge in [-0.15, -0.1) is 0 Å². The van der Waals surface area contributed by atoms with Crippen LogP contribution in [0.2, 0.25) is 0 Å². The largest absolute Gasteiger partial charge is 0.381 e. The topological polar surface area (TPSA) is 106 Å². The van der Waals surface area contributed by atoms with Crippen LogP contribution in [0.5, 0.6) is 0 Å². The number of nitrogens with one attached hydrogen (secondary N) is 2. The highest BCUT2D eigenvalue weighted by Gasteiger charge is 2.17. The average Bonchev–Trinajstić information content (AvgIpc) is 3.04. The molecule has 0 aliphatic carbocycles. The van der Waals surface area contributed by atoms with Crippen molar-refractivity contribution in [2.24, 2.45) is 5.92 Å². The highest BCUT2D eigenvalue weighted by molar-refractivity contribution is 5.76. The molecule has 2 aromatic rings. The molecule has 116 valence electrons. The summed E-state index contributed by atoms with van der Waals surface area (Å²) in [5.74, 6) is 1.39. The summed E-state index contributed by atoms with van der Waals surface area (Å²) < 4.78 is 5.38. The molecule has 1 atom stereocenters. The van der Waals surface area contributed by atoms with Crippen LogP contribution < -0.4 is 5.32 Å². The van der Waals surface area contributed by atoms with E-state index in [1.807, 2.05) is 0 Å². The van der Waals surface area contributed by atoms with Crippen LogP contribution >= 0.6 is 0 Å². The molecule has 1 saturated heterocycles. The summed E-state index contributed by atoms with van der Waals surface area (Å²) in [7, 11) is 0. The SMILES string of the molecule is O=C(C[C@@H]1CCCOC1)NCc1nc(-c2cnccn2)n[nH]1. The molecule has 8 heteroatoms. The Bertz CT molecular complexity index is 609. The summed E-state index contributed by atoms with van der Waals surface area (Å²) in [4.78, 5) is 24.3. The molecule has 0 radical (unpaired) electrons. The molecule has 3 heterocycles. The first-order chi connectivity index (χ1) is 10.8. The van der Waals surface area contributed by atoms with Crippen molar-refractivity contribution < 1.29 is 9.53 Å². The van der Waals surface area contributed by atoms with E-state index in [1.54, 1.807) is 18.6 Å². The third kappa shape index (κ3) is 3.85. The van der Waals surface area contributed by atoms with E-state index in [2.05, 4.69) is 30.5 Å². The number of hydrogen-bond donors (Lipinski definition) is 2. The van der Waals surface area contributed by atoms with Crippen molar-refractivity contribution in [3.05, 3.63) is 24.4 Å². The monoisotopic (exact) mass is 302 g/mol. The van der Waals surface area contributed by atoms with E-state index in [1.165, 1.54) is 0 Å². The minimum atomic E-state index is 0.00736. The van der Waals surface area contributed by atoms with Gasteiger partial charge in [0.05, 0.1) is 12.7 Å². The Hall–Kier alpha value is -2.35. The maximum atomic E-state index is 11.9. The molecule has 0 saturated carbocycles. The molecule has 0 bridgehead atoms. The second-order valence-electron chi connectivity index (χ2n) is 5.26. The number of carbonyl (C=O) groups excluding carboxylic acids is 1. The van der Waals surface area contributed by atoms with Crippen molar-refractivity contribution in [2.75, 3.05) is 13.2 Å². The van der Waals surface area contributed by atoms with Crippen molar-refractivity contribution in [3.8, 4) is 11.5 Å². The molecule has 3 rings (SSSR count). The van der Waals surface area contributed by atoms with Crippen LogP contribution in [0.15, 0.2) is 18.6 Å². The number of carbonyl (C=O) groups is 1. The van der Waals surface area contributed by atoms with E-state index >= 15 is 0 Å². The molecule has 8 nitrogen and oxygen atoms in total. The Balaban J connectivity index is 1.49. The quantitative estimate of drug-likeness (QED) is 0.842. The number of aromatic amines is 1. The maximum absolute atomic E-state index is 11.9. The maximum Gasteiger partial charge on any atom is 0.220 e. The molecular weight excluding hydrogens is 284 g/mol. The van der Waals surface area contributed by atoms with Crippen molar-refractivity contribution in [2.45, 2.75) is 25.8 Å². The minimum Gasteiger partial charge on any atom is -0.381 e. The van der Waals surface area contributed by atoms with Crippen LogP contribution in [0.3, 0.4) is 0 Å². The predicted molar refractivity (Wildman–Crippen MR) is 77.4 cm³/mol. The van der Waals surface area contributed by atoms with E-state index in [-0.39, 0.29) is 5.91 Å². The molecule has 0 unspecified atom stereocenters. The molecule has 1 amide bonds. The Labute approximate surface area is 127 Å². The van der Waals surface area contributed by atoms with Crippen molar-refractivity contribution in [1.82, 2.24) is 30.5 Å². The van der Waals surface area contributed by atoms with Crippen molar-refractivity contribution in [1.29, 1.82) is 0 Å². The predicted octanol–water partition coefficient (Wildman–Crippen LogP) is 0.695. The van der Waals surface area contributed by atoms with Crippen LogP contribution in [-0.4, -0.2) is 44.3 Å². The fourth-order valence-electron chi connectivity index (χ4n) is 2.39. The Morgan fingerprint density at radius 3 is 3.18 bits per heavy atom. The molecule has 2 N–H and O–H groups in total. The zero-order chi connectivity index (χ0) is 15.2. The first-order valence-electron chi connectivity index (χ1n) is 7.33. The number of rotatable bonds is 5. The lowest BCUT2D eigenvalue weighted by molar-refractivity contribution is -0.123. The van der Waals surface area contributed by atoms with Gasteiger partial charge >= 0.3 is 0 Å². The van der Waals surface area contributed by atoms with E-state index in [0.717, 1.165) is 19.4 Å². The lowest BCUT2D eigenvalue weighted by Gasteiger charge is -2.21. The second kappa shape index (κ2) is 7.08. The molecule has 0 aromatic carbocycles. The Morgan fingerprint density at radius 2 is 2.41 bits per heavy atom. The third-order valence-corrected chi connectivity index (χ3v) is 3.51. The molecule has 0 spiro atoms. The van der Waals surface area contributed by atoms with Crippen LogP contribution in [0, 0.1) is 5.92 Å². The lowest BCUT2D eigenvalue weighted by atomic mass is 9.98. The molecular formula is C14H18N6O2. The molecule has 1 fully saturated rings. The summed E-state index contributed by atoms with van der Waals surface area (Å²) >= 11 is 0. The highest BCUT2D eigenvalue weighted by Crippen LogP contribution is 2.16. The van der Waals surface area contributed by atoms with Gasteiger partial charge in [0.2, 0.25) is 11.7 Å². The zero-order valence-electron chi connectivity index (χ0n) is 12.2. The van der Waals surface area contributed by atoms with Crippen molar-refractivity contribution in [3.63, 3.8) is 0 Å². The first kappa shape index (κ1) is 14.6. The lowest BCUT2D eigenvalue weighted by Crippen LogP contribution is -2.28. The van der Waals surface area contributed by atoms with Crippen LogP contribution in [-0.2, 0) is 16.1 Å². The van der Waals surface area contributed by atoms with Crippen LogP contribution in [0.1, 0.15) is 25.1 Å². The highest BCUT2D eigenvalue weighted by atomic mass is 16.5.